The van der Waals surface area contributed by atoms with Crippen LogP contribution in [0.5, 0.6) is 5.75 Å². The average molecular weight is 421 g/mol. The van der Waals surface area contributed by atoms with Crippen LogP contribution in [-0.4, -0.2) is 31.1 Å². The van der Waals surface area contributed by atoms with E-state index in [1.807, 2.05) is 36.4 Å². The van der Waals surface area contributed by atoms with E-state index in [0.29, 0.717) is 25.6 Å². The van der Waals surface area contributed by atoms with Crippen molar-refractivity contribution in [3.8, 4) is 5.75 Å². The van der Waals surface area contributed by atoms with Crippen LogP contribution in [0.1, 0.15) is 56.1 Å². The molecule has 6 heteroatoms. The van der Waals surface area contributed by atoms with Crippen molar-refractivity contribution in [2.75, 3.05) is 18.4 Å². The summed E-state index contributed by atoms with van der Waals surface area (Å²) < 4.78 is 6.25. The van der Waals surface area contributed by atoms with Gasteiger partial charge in [-0.25, -0.2) is 4.99 Å². The van der Waals surface area contributed by atoms with E-state index >= 15 is 0 Å². The minimum absolute atomic E-state index is 0.0606. The van der Waals surface area contributed by atoms with Gasteiger partial charge in [0.1, 0.15) is 5.75 Å². The minimum atomic E-state index is 0.0606. The van der Waals surface area contributed by atoms with E-state index in [9.17, 15) is 4.79 Å². The average Bonchev–Trinajstić information content (AvgIpc) is 3.29. The highest BCUT2D eigenvalue weighted by Gasteiger charge is 2.24. The predicted molar refractivity (Wildman–Crippen MR) is 125 cm³/mol. The molecule has 0 saturated heterocycles. The molecule has 1 unspecified atom stereocenters. The maximum atomic E-state index is 12.1. The summed E-state index contributed by atoms with van der Waals surface area (Å²) in [5, 5.41) is 9.71. The number of nitrogens with zero attached hydrogens (tertiary/aromatic N) is 1. The topological polar surface area (TPSA) is 74.8 Å². The molecule has 164 valence electrons. The van der Waals surface area contributed by atoms with E-state index in [2.05, 4.69) is 35.0 Å². The Hall–Kier alpha value is -3.02. The van der Waals surface area contributed by atoms with E-state index in [1.165, 1.54) is 18.4 Å². The summed E-state index contributed by atoms with van der Waals surface area (Å²) in [6.07, 6.45) is 5.58. The molecule has 31 heavy (non-hydrogen) atoms. The van der Waals surface area contributed by atoms with Crippen molar-refractivity contribution in [1.29, 1.82) is 0 Å². The first kappa shape index (κ1) is 21.2. The number of benzene rings is 2. The summed E-state index contributed by atoms with van der Waals surface area (Å²) in [6, 6.07) is 16.2. The van der Waals surface area contributed by atoms with Crippen LogP contribution in [0.2, 0.25) is 0 Å². The molecule has 3 N–H and O–H groups in total. The molecule has 1 aliphatic carbocycles. The number of fused-ring (bicyclic) bond motifs is 1. The van der Waals surface area contributed by atoms with Gasteiger partial charge >= 0.3 is 0 Å². The summed E-state index contributed by atoms with van der Waals surface area (Å²) in [6.45, 7) is 4.02. The number of hydrogen-bond acceptors (Lipinski definition) is 3. The molecule has 1 amide bonds. The third-order valence-electron chi connectivity index (χ3n) is 5.94. The fraction of sp³-hybridized carbons (Fsp3) is 0.440. The summed E-state index contributed by atoms with van der Waals surface area (Å²) in [5.41, 5.74) is 3.17. The third kappa shape index (κ3) is 5.57. The Morgan fingerprint density at radius 3 is 2.71 bits per heavy atom. The summed E-state index contributed by atoms with van der Waals surface area (Å²) in [5.74, 6) is 1.87. The van der Waals surface area contributed by atoms with Gasteiger partial charge < -0.3 is 20.7 Å². The largest absolute Gasteiger partial charge is 0.490 e. The highest BCUT2D eigenvalue weighted by atomic mass is 16.5. The van der Waals surface area contributed by atoms with Gasteiger partial charge in [0.2, 0.25) is 5.91 Å². The monoisotopic (exact) mass is 420 g/mol. The smallest absolute Gasteiger partial charge is 0.225 e. The molecule has 1 atom stereocenters. The van der Waals surface area contributed by atoms with Crippen LogP contribution in [0.15, 0.2) is 53.5 Å². The lowest BCUT2D eigenvalue weighted by molar-refractivity contribution is -0.116. The van der Waals surface area contributed by atoms with Crippen LogP contribution < -0.4 is 20.7 Å². The van der Waals surface area contributed by atoms with Gasteiger partial charge in [-0.1, -0.05) is 36.4 Å². The van der Waals surface area contributed by atoms with Gasteiger partial charge in [-0.15, -0.1) is 0 Å². The number of anilines is 1. The molecule has 2 aromatic rings. The normalized spacial score (nSPS) is 18.9. The van der Waals surface area contributed by atoms with Crippen molar-refractivity contribution in [2.24, 2.45) is 4.99 Å². The molecule has 1 aliphatic heterocycles. The van der Waals surface area contributed by atoms with E-state index in [4.69, 9.17) is 9.73 Å². The third-order valence-corrected chi connectivity index (χ3v) is 5.94. The SMILES string of the molecule is CCNC(=NCc1ccccc1OC1CCCC1)NCC1CC(=O)Nc2ccccc21. The molecule has 2 aromatic carbocycles. The summed E-state index contributed by atoms with van der Waals surface area (Å²) in [7, 11) is 0. The summed E-state index contributed by atoms with van der Waals surface area (Å²) in [4.78, 5) is 16.9. The van der Waals surface area contributed by atoms with E-state index in [1.54, 1.807) is 0 Å². The number of ether oxygens (including phenoxy) is 1. The number of aliphatic imine (C=N–C) groups is 1. The maximum absolute atomic E-state index is 12.1. The van der Waals surface area contributed by atoms with Crippen LogP contribution in [-0.2, 0) is 11.3 Å². The van der Waals surface area contributed by atoms with Crippen LogP contribution in [0.3, 0.4) is 0 Å². The fourth-order valence-electron chi connectivity index (χ4n) is 4.34. The van der Waals surface area contributed by atoms with Gasteiger partial charge in [0.25, 0.3) is 0 Å². The number of carbonyl (C=O) groups excluding carboxylic acids is 1. The van der Waals surface area contributed by atoms with Crippen molar-refractivity contribution in [2.45, 2.75) is 57.6 Å². The predicted octanol–water partition coefficient (Wildman–Crippen LogP) is 4.19. The first-order valence-electron chi connectivity index (χ1n) is 11.4. The van der Waals surface area contributed by atoms with Crippen molar-refractivity contribution < 1.29 is 9.53 Å². The lowest BCUT2D eigenvalue weighted by Gasteiger charge is -2.26. The highest BCUT2D eigenvalue weighted by molar-refractivity contribution is 5.94. The van der Waals surface area contributed by atoms with E-state index in [0.717, 1.165) is 42.3 Å². The minimum Gasteiger partial charge on any atom is -0.490 e. The van der Waals surface area contributed by atoms with Crippen molar-refractivity contribution in [1.82, 2.24) is 10.6 Å². The van der Waals surface area contributed by atoms with Gasteiger partial charge in [0, 0.05) is 36.7 Å². The molecule has 0 aromatic heterocycles. The number of carbonyl (C=O) groups is 1. The lowest BCUT2D eigenvalue weighted by Crippen LogP contribution is -2.40. The molecule has 1 saturated carbocycles. The Balaban J connectivity index is 1.42. The van der Waals surface area contributed by atoms with Crippen LogP contribution in [0.4, 0.5) is 5.69 Å². The molecule has 1 heterocycles. The number of para-hydroxylation sites is 2. The second-order valence-corrected chi connectivity index (χ2v) is 8.24. The van der Waals surface area contributed by atoms with Crippen molar-refractivity contribution in [3.63, 3.8) is 0 Å². The van der Waals surface area contributed by atoms with Crippen molar-refractivity contribution in [3.05, 3.63) is 59.7 Å². The first-order valence-corrected chi connectivity index (χ1v) is 11.4. The fourth-order valence-corrected chi connectivity index (χ4v) is 4.34. The summed E-state index contributed by atoms with van der Waals surface area (Å²) >= 11 is 0. The quantitative estimate of drug-likeness (QED) is 0.464. The Labute approximate surface area is 184 Å². The van der Waals surface area contributed by atoms with Crippen molar-refractivity contribution >= 4 is 17.6 Å². The van der Waals surface area contributed by atoms with E-state index in [-0.39, 0.29) is 11.8 Å². The maximum Gasteiger partial charge on any atom is 0.225 e. The second-order valence-electron chi connectivity index (χ2n) is 8.24. The Morgan fingerprint density at radius 1 is 1.10 bits per heavy atom. The molecule has 1 fully saturated rings. The van der Waals surface area contributed by atoms with E-state index < -0.39 is 0 Å². The van der Waals surface area contributed by atoms with Gasteiger partial charge in [0.15, 0.2) is 5.96 Å². The zero-order valence-electron chi connectivity index (χ0n) is 18.2. The van der Waals surface area contributed by atoms with Gasteiger partial charge in [-0.2, -0.15) is 0 Å². The molecular formula is C25H32N4O2. The van der Waals surface area contributed by atoms with Crippen LogP contribution in [0.25, 0.3) is 0 Å². The molecule has 6 nitrogen and oxygen atoms in total. The molecule has 4 rings (SSSR count). The zero-order valence-corrected chi connectivity index (χ0v) is 18.2. The Morgan fingerprint density at radius 2 is 1.87 bits per heavy atom. The van der Waals surface area contributed by atoms with Gasteiger partial charge in [-0.05, 0) is 50.3 Å². The molecule has 0 bridgehead atoms. The number of rotatable bonds is 7. The standard InChI is InChI=1S/C25H32N4O2/c1-2-26-25(28-17-19-15-24(30)29-22-13-7-6-12-21(19)22)27-16-18-9-3-8-14-23(18)31-20-10-4-5-11-20/h3,6-9,12-14,19-20H,2,4-5,10-11,15-17H2,1H3,(H,29,30)(H2,26,27,28). The van der Waals surface area contributed by atoms with Gasteiger partial charge in [-0.3, -0.25) is 4.79 Å². The first-order chi connectivity index (χ1) is 15.2. The molecule has 0 radical (unpaired) electrons. The molecular weight excluding hydrogens is 388 g/mol. The van der Waals surface area contributed by atoms with Crippen LogP contribution in [0, 0.1) is 0 Å². The molecule has 0 spiro atoms. The number of amides is 1. The van der Waals surface area contributed by atoms with Crippen LogP contribution >= 0.6 is 0 Å². The second kappa shape index (κ2) is 10.3. The number of hydrogen-bond donors (Lipinski definition) is 3. The number of nitrogens with one attached hydrogen (secondary N) is 3. The zero-order chi connectivity index (χ0) is 21.5. The lowest BCUT2D eigenvalue weighted by atomic mass is 9.90. The molecule has 2 aliphatic rings. The number of guanidine groups is 1. The Bertz CT molecular complexity index is 921. The van der Waals surface area contributed by atoms with Gasteiger partial charge in [0.05, 0.1) is 12.6 Å². The Kier molecular flexibility index (Phi) is 7.07. The highest BCUT2D eigenvalue weighted by Crippen LogP contribution is 2.31.